The van der Waals surface area contributed by atoms with Crippen molar-refractivity contribution < 1.29 is 22.4 Å². The van der Waals surface area contributed by atoms with E-state index in [-0.39, 0.29) is 21.6 Å². The average molecular weight is 456 g/mol. The largest absolute Gasteiger partial charge is 0.466 e. The number of carbonyl (C=O) groups excluding carboxylic acids is 1. The highest BCUT2D eigenvalue weighted by molar-refractivity contribution is 7.89. The Balaban J connectivity index is 1.90. The van der Waals surface area contributed by atoms with Crippen molar-refractivity contribution in [1.82, 2.24) is 13.8 Å². The van der Waals surface area contributed by atoms with Crippen molar-refractivity contribution in [1.29, 1.82) is 0 Å². The third-order valence-electron chi connectivity index (χ3n) is 5.45. The van der Waals surface area contributed by atoms with Gasteiger partial charge in [-0.3, -0.25) is 14.3 Å². The smallest absolute Gasteiger partial charge is 0.310 e. The van der Waals surface area contributed by atoms with Crippen molar-refractivity contribution in [2.45, 2.75) is 45.2 Å². The molecule has 10 heteroatoms. The first-order valence-corrected chi connectivity index (χ1v) is 12.2. The predicted molar refractivity (Wildman–Crippen MR) is 116 cm³/mol. The molecule has 0 unspecified atom stereocenters. The number of nitrogens with zero attached hydrogens (tertiary/aromatic N) is 3. The van der Waals surface area contributed by atoms with Crippen LogP contribution in [0.25, 0.3) is 11.1 Å². The van der Waals surface area contributed by atoms with Gasteiger partial charge in [-0.05, 0) is 56.7 Å². The molecule has 0 amide bonds. The third kappa shape index (κ3) is 4.61. The maximum absolute atomic E-state index is 12.9. The average Bonchev–Trinajstić information content (AvgIpc) is 3.03. The van der Waals surface area contributed by atoms with Crippen LogP contribution in [0.5, 0.6) is 0 Å². The Bertz CT molecular complexity index is 1060. The maximum Gasteiger partial charge on any atom is 0.310 e. The van der Waals surface area contributed by atoms with Gasteiger partial charge < -0.3 is 9.15 Å². The zero-order valence-corrected chi connectivity index (χ0v) is 19.3. The van der Waals surface area contributed by atoms with Gasteiger partial charge in [0.1, 0.15) is 0 Å². The fourth-order valence-corrected chi connectivity index (χ4v) is 5.61. The first-order valence-electron chi connectivity index (χ1n) is 10.3. The fourth-order valence-electron chi connectivity index (χ4n) is 3.89. The molecular formula is C20H29N3O5S2. The zero-order chi connectivity index (χ0) is 21.9. The van der Waals surface area contributed by atoms with E-state index in [9.17, 15) is 13.2 Å². The van der Waals surface area contributed by atoms with Gasteiger partial charge in [-0.2, -0.15) is 4.31 Å². The van der Waals surface area contributed by atoms with Crippen molar-refractivity contribution in [2.75, 3.05) is 32.8 Å². The van der Waals surface area contributed by atoms with Gasteiger partial charge in [0.05, 0.1) is 29.6 Å². The van der Waals surface area contributed by atoms with E-state index in [2.05, 4.69) is 4.90 Å². The van der Waals surface area contributed by atoms with Crippen molar-refractivity contribution in [3.05, 3.63) is 23.0 Å². The summed E-state index contributed by atoms with van der Waals surface area (Å²) in [5.74, 6) is -0.333. The lowest BCUT2D eigenvalue weighted by Gasteiger charge is -2.31. The molecular weight excluding hydrogens is 426 g/mol. The summed E-state index contributed by atoms with van der Waals surface area (Å²) < 4.78 is 39.9. The van der Waals surface area contributed by atoms with Gasteiger partial charge in [-0.15, -0.1) is 0 Å². The lowest BCUT2D eigenvalue weighted by molar-refractivity contribution is -0.150. The molecule has 0 bridgehead atoms. The van der Waals surface area contributed by atoms with Gasteiger partial charge in [-0.25, -0.2) is 8.42 Å². The number of aromatic nitrogens is 1. The van der Waals surface area contributed by atoms with E-state index in [1.807, 2.05) is 13.8 Å². The van der Waals surface area contributed by atoms with Crippen LogP contribution in [0.3, 0.4) is 0 Å². The topological polar surface area (TPSA) is 85.0 Å². The Hall–Kier alpha value is -1.75. The number of carbonyl (C=O) groups is 1. The number of rotatable bonds is 8. The zero-order valence-electron chi connectivity index (χ0n) is 17.7. The van der Waals surface area contributed by atoms with Gasteiger partial charge in [0, 0.05) is 19.6 Å². The number of likely N-dealkylation sites (tertiary alicyclic amines) is 1. The molecule has 0 spiro atoms. The SMILES string of the molecule is CCOC(=O)[C@H]1CCCN(Cn2c(=S)oc3ccc(S(=O)(=O)N(CC)CC)cc32)C1. The first-order chi connectivity index (χ1) is 14.3. The number of ether oxygens (including phenoxy) is 1. The second-order valence-electron chi connectivity index (χ2n) is 7.32. The molecule has 0 aliphatic carbocycles. The molecule has 1 aromatic carbocycles. The summed E-state index contributed by atoms with van der Waals surface area (Å²) in [6.45, 7) is 8.43. The molecule has 1 aliphatic heterocycles. The van der Waals surface area contributed by atoms with Crippen LogP contribution in [-0.2, 0) is 26.2 Å². The number of fused-ring (bicyclic) bond motifs is 1. The van der Waals surface area contributed by atoms with Crippen LogP contribution in [-0.4, -0.2) is 60.9 Å². The molecule has 2 aromatic rings. The van der Waals surface area contributed by atoms with E-state index in [1.165, 1.54) is 4.31 Å². The minimum atomic E-state index is -3.59. The summed E-state index contributed by atoms with van der Waals surface area (Å²) in [6.07, 6.45) is 1.69. The van der Waals surface area contributed by atoms with Crippen molar-refractivity contribution >= 4 is 39.3 Å². The minimum absolute atomic E-state index is 0.162. The van der Waals surface area contributed by atoms with Gasteiger partial charge in [0.25, 0.3) is 4.84 Å². The Morgan fingerprint density at radius 3 is 2.70 bits per heavy atom. The Labute approximate surface area is 182 Å². The summed E-state index contributed by atoms with van der Waals surface area (Å²) in [4.78, 5) is 14.8. The summed E-state index contributed by atoms with van der Waals surface area (Å²) in [6, 6.07) is 4.82. The lowest BCUT2D eigenvalue weighted by atomic mass is 9.98. The van der Waals surface area contributed by atoms with Gasteiger partial charge in [-0.1, -0.05) is 13.8 Å². The summed E-state index contributed by atoms with van der Waals surface area (Å²) in [5.41, 5.74) is 1.17. The highest BCUT2D eigenvalue weighted by atomic mass is 32.2. The van der Waals surface area contributed by atoms with E-state index in [1.54, 1.807) is 29.7 Å². The van der Waals surface area contributed by atoms with Crippen LogP contribution < -0.4 is 0 Å². The van der Waals surface area contributed by atoms with E-state index in [0.29, 0.717) is 44.0 Å². The molecule has 30 heavy (non-hydrogen) atoms. The molecule has 0 saturated carbocycles. The Morgan fingerprint density at radius 1 is 1.30 bits per heavy atom. The van der Waals surface area contributed by atoms with Crippen LogP contribution >= 0.6 is 12.2 Å². The van der Waals surface area contributed by atoms with Crippen LogP contribution in [0.2, 0.25) is 0 Å². The summed E-state index contributed by atoms with van der Waals surface area (Å²) in [7, 11) is -3.59. The molecule has 1 atom stereocenters. The molecule has 0 N–H and O–H groups in total. The molecule has 1 aliphatic rings. The van der Waals surface area contributed by atoms with Gasteiger partial charge >= 0.3 is 5.97 Å². The van der Waals surface area contributed by atoms with Crippen LogP contribution in [0.15, 0.2) is 27.5 Å². The highest BCUT2D eigenvalue weighted by Gasteiger charge is 2.28. The predicted octanol–water partition coefficient (Wildman–Crippen LogP) is 3.23. The van der Waals surface area contributed by atoms with Gasteiger partial charge in [0.15, 0.2) is 5.58 Å². The Kier molecular flexibility index (Phi) is 7.33. The summed E-state index contributed by atoms with van der Waals surface area (Å²) >= 11 is 5.40. The van der Waals surface area contributed by atoms with Crippen LogP contribution in [0.1, 0.15) is 33.6 Å². The van der Waals surface area contributed by atoms with Gasteiger partial charge in [0.2, 0.25) is 10.0 Å². The summed E-state index contributed by atoms with van der Waals surface area (Å²) in [5, 5.41) is 0. The number of hydrogen-bond acceptors (Lipinski definition) is 7. The quantitative estimate of drug-likeness (QED) is 0.446. The van der Waals surface area contributed by atoms with E-state index >= 15 is 0 Å². The fraction of sp³-hybridized carbons (Fsp3) is 0.600. The van der Waals surface area contributed by atoms with E-state index in [4.69, 9.17) is 21.4 Å². The first kappa shape index (κ1) is 22.9. The molecule has 8 nitrogen and oxygen atoms in total. The standard InChI is InChI=1S/C20H29N3O5S2/c1-4-22(5-2)30(25,26)16-9-10-18-17(12-16)23(20(29)28-18)14-21-11-7-8-15(13-21)19(24)27-6-3/h9-10,12,15H,4-8,11,13-14H2,1-3H3/t15-/m0/s1. The molecule has 1 aromatic heterocycles. The molecule has 0 radical (unpaired) electrons. The molecule has 3 rings (SSSR count). The minimum Gasteiger partial charge on any atom is -0.466 e. The third-order valence-corrected chi connectivity index (χ3v) is 7.80. The lowest BCUT2D eigenvalue weighted by Crippen LogP contribution is -2.40. The number of piperidine rings is 1. The highest BCUT2D eigenvalue weighted by Crippen LogP contribution is 2.25. The molecule has 166 valence electrons. The Morgan fingerprint density at radius 2 is 2.03 bits per heavy atom. The number of benzene rings is 1. The number of esters is 1. The second kappa shape index (κ2) is 9.59. The molecule has 1 saturated heterocycles. The van der Waals surface area contributed by atoms with Crippen molar-refractivity contribution in [3.63, 3.8) is 0 Å². The second-order valence-corrected chi connectivity index (χ2v) is 9.61. The monoisotopic (exact) mass is 455 g/mol. The molecule has 2 heterocycles. The normalized spacial score (nSPS) is 18.2. The number of oxazole rings is 1. The molecule has 1 fully saturated rings. The van der Waals surface area contributed by atoms with Crippen LogP contribution in [0, 0.1) is 10.8 Å². The maximum atomic E-state index is 12.9. The number of sulfonamides is 1. The van der Waals surface area contributed by atoms with Crippen molar-refractivity contribution in [3.8, 4) is 0 Å². The van der Waals surface area contributed by atoms with E-state index in [0.717, 1.165) is 19.4 Å². The van der Waals surface area contributed by atoms with Crippen molar-refractivity contribution in [2.24, 2.45) is 5.92 Å². The number of hydrogen-bond donors (Lipinski definition) is 0. The van der Waals surface area contributed by atoms with Crippen LogP contribution in [0.4, 0.5) is 0 Å². The van der Waals surface area contributed by atoms with E-state index < -0.39 is 10.0 Å².